The number of fused-ring (bicyclic) bond motifs is 1. The number of ether oxygens (including phenoxy) is 1. The van der Waals surface area contributed by atoms with Crippen molar-refractivity contribution >= 4 is 0 Å². The Bertz CT molecular complexity index is 465. The van der Waals surface area contributed by atoms with Gasteiger partial charge in [0.15, 0.2) is 11.6 Å². The average molecular weight is 265 g/mol. The second-order valence-corrected chi connectivity index (χ2v) is 5.73. The summed E-state index contributed by atoms with van der Waals surface area (Å²) in [7, 11) is 1.47. The van der Waals surface area contributed by atoms with Crippen LogP contribution in [0.15, 0.2) is 18.2 Å². The molecule has 3 rings (SSSR count). The molecule has 1 aliphatic heterocycles. The van der Waals surface area contributed by atoms with Gasteiger partial charge in [-0.25, -0.2) is 4.39 Å². The van der Waals surface area contributed by atoms with E-state index < -0.39 is 0 Å². The molecule has 3 atom stereocenters. The van der Waals surface area contributed by atoms with Crippen molar-refractivity contribution in [3.63, 3.8) is 0 Å². The molecular weight excluding hydrogens is 245 g/mol. The molecule has 2 aliphatic rings. The molecule has 4 heteroatoms. The molecule has 1 aromatic rings. The van der Waals surface area contributed by atoms with E-state index in [1.807, 2.05) is 6.07 Å². The lowest BCUT2D eigenvalue weighted by Crippen LogP contribution is -2.24. The fraction of sp³-hybridized carbons (Fsp3) is 0.600. The van der Waals surface area contributed by atoms with Crippen LogP contribution in [-0.4, -0.2) is 36.3 Å². The van der Waals surface area contributed by atoms with E-state index in [0.29, 0.717) is 11.8 Å². The SMILES string of the molecule is COc1ccc(CN2CC3CCC(O)C3C2)cc1F. The molecule has 0 spiro atoms. The Morgan fingerprint density at radius 3 is 2.89 bits per heavy atom. The molecule has 0 bridgehead atoms. The van der Waals surface area contributed by atoms with Crippen molar-refractivity contribution < 1.29 is 14.2 Å². The van der Waals surface area contributed by atoms with Crippen molar-refractivity contribution in [2.24, 2.45) is 11.8 Å². The Morgan fingerprint density at radius 1 is 1.37 bits per heavy atom. The van der Waals surface area contributed by atoms with Gasteiger partial charge in [0.1, 0.15) is 0 Å². The van der Waals surface area contributed by atoms with Gasteiger partial charge in [0.25, 0.3) is 0 Å². The Kier molecular flexibility index (Phi) is 3.46. The van der Waals surface area contributed by atoms with E-state index in [9.17, 15) is 9.50 Å². The van der Waals surface area contributed by atoms with Crippen LogP contribution in [0.3, 0.4) is 0 Å². The molecule has 1 saturated carbocycles. The predicted molar refractivity (Wildman–Crippen MR) is 70.4 cm³/mol. The van der Waals surface area contributed by atoms with E-state index in [2.05, 4.69) is 4.90 Å². The smallest absolute Gasteiger partial charge is 0.165 e. The fourth-order valence-electron chi connectivity index (χ4n) is 3.52. The summed E-state index contributed by atoms with van der Waals surface area (Å²) in [5.74, 6) is 1.03. The largest absolute Gasteiger partial charge is 0.494 e. The summed E-state index contributed by atoms with van der Waals surface area (Å²) in [5.41, 5.74) is 0.966. The van der Waals surface area contributed by atoms with Crippen LogP contribution < -0.4 is 4.74 Å². The van der Waals surface area contributed by atoms with E-state index in [4.69, 9.17) is 4.74 Å². The summed E-state index contributed by atoms with van der Waals surface area (Å²) >= 11 is 0. The summed E-state index contributed by atoms with van der Waals surface area (Å²) in [5, 5.41) is 9.89. The number of rotatable bonds is 3. The first-order valence-corrected chi connectivity index (χ1v) is 6.90. The highest BCUT2D eigenvalue weighted by Crippen LogP contribution is 2.38. The Balaban J connectivity index is 1.65. The predicted octanol–water partition coefficient (Wildman–Crippen LogP) is 2.04. The highest BCUT2D eigenvalue weighted by atomic mass is 19.1. The van der Waals surface area contributed by atoms with Crippen LogP contribution in [0.25, 0.3) is 0 Å². The van der Waals surface area contributed by atoms with Gasteiger partial charge in [-0.1, -0.05) is 6.07 Å². The maximum Gasteiger partial charge on any atom is 0.165 e. The van der Waals surface area contributed by atoms with Crippen LogP contribution in [-0.2, 0) is 6.54 Å². The van der Waals surface area contributed by atoms with Gasteiger partial charge >= 0.3 is 0 Å². The quantitative estimate of drug-likeness (QED) is 0.907. The van der Waals surface area contributed by atoms with Crippen LogP contribution in [0.1, 0.15) is 18.4 Å². The average Bonchev–Trinajstić information content (AvgIpc) is 2.92. The number of nitrogens with zero attached hydrogens (tertiary/aromatic N) is 1. The number of aliphatic hydroxyl groups excluding tert-OH is 1. The topological polar surface area (TPSA) is 32.7 Å². The van der Waals surface area contributed by atoms with E-state index >= 15 is 0 Å². The van der Waals surface area contributed by atoms with Crippen LogP contribution in [0.5, 0.6) is 5.75 Å². The third-order valence-electron chi connectivity index (χ3n) is 4.52. The maximum atomic E-state index is 13.6. The van der Waals surface area contributed by atoms with E-state index in [1.54, 1.807) is 12.1 Å². The molecule has 2 fully saturated rings. The van der Waals surface area contributed by atoms with Crippen molar-refractivity contribution in [3.05, 3.63) is 29.6 Å². The fourth-order valence-corrected chi connectivity index (χ4v) is 3.52. The van der Waals surface area contributed by atoms with Gasteiger partial charge in [-0.3, -0.25) is 4.90 Å². The molecule has 1 N–H and O–H groups in total. The number of halogens is 1. The number of methoxy groups -OCH3 is 1. The third kappa shape index (κ3) is 2.47. The second kappa shape index (κ2) is 5.10. The summed E-state index contributed by atoms with van der Waals surface area (Å²) in [6.07, 6.45) is 1.93. The molecule has 3 nitrogen and oxygen atoms in total. The van der Waals surface area contributed by atoms with Crippen molar-refractivity contribution in [2.45, 2.75) is 25.5 Å². The number of benzene rings is 1. The lowest BCUT2D eigenvalue weighted by Gasteiger charge is -2.18. The lowest BCUT2D eigenvalue weighted by atomic mass is 10.00. The molecule has 3 unspecified atom stereocenters. The van der Waals surface area contributed by atoms with Crippen LogP contribution >= 0.6 is 0 Å². The highest BCUT2D eigenvalue weighted by Gasteiger charge is 2.41. The molecule has 104 valence electrons. The van der Waals surface area contributed by atoms with E-state index in [-0.39, 0.29) is 17.7 Å². The van der Waals surface area contributed by atoms with Crippen LogP contribution in [0, 0.1) is 17.7 Å². The first kappa shape index (κ1) is 12.9. The zero-order valence-corrected chi connectivity index (χ0v) is 11.2. The summed E-state index contributed by atoms with van der Waals surface area (Å²) in [4.78, 5) is 2.32. The third-order valence-corrected chi connectivity index (χ3v) is 4.52. The minimum absolute atomic E-state index is 0.136. The monoisotopic (exact) mass is 265 g/mol. The van der Waals surface area contributed by atoms with E-state index in [1.165, 1.54) is 7.11 Å². The lowest BCUT2D eigenvalue weighted by molar-refractivity contribution is 0.123. The number of hydrogen-bond donors (Lipinski definition) is 1. The molecular formula is C15H20FNO2. The minimum Gasteiger partial charge on any atom is -0.494 e. The Labute approximate surface area is 113 Å². The first-order chi connectivity index (χ1) is 9.17. The van der Waals surface area contributed by atoms with Crippen molar-refractivity contribution in [3.8, 4) is 5.75 Å². The zero-order valence-electron chi connectivity index (χ0n) is 11.2. The number of hydrogen-bond acceptors (Lipinski definition) is 3. The van der Waals surface area contributed by atoms with Gasteiger partial charge in [0.05, 0.1) is 13.2 Å². The molecule has 1 heterocycles. The summed E-state index contributed by atoms with van der Waals surface area (Å²) in [6.45, 7) is 2.70. The standard InChI is InChI=1S/C15H20FNO2/c1-19-15-5-2-10(6-13(15)16)7-17-8-11-3-4-14(18)12(11)9-17/h2,5-6,11-12,14,18H,3-4,7-9H2,1H3. The first-order valence-electron chi connectivity index (χ1n) is 6.90. The van der Waals surface area contributed by atoms with Crippen molar-refractivity contribution in [1.82, 2.24) is 4.90 Å². The second-order valence-electron chi connectivity index (χ2n) is 5.73. The van der Waals surface area contributed by atoms with Gasteiger partial charge < -0.3 is 9.84 Å². The molecule has 19 heavy (non-hydrogen) atoms. The minimum atomic E-state index is -0.306. The maximum absolute atomic E-state index is 13.6. The Morgan fingerprint density at radius 2 is 2.21 bits per heavy atom. The van der Waals surface area contributed by atoms with Gasteiger partial charge in [-0.05, 0) is 36.5 Å². The van der Waals surface area contributed by atoms with Crippen molar-refractivity contribution in [1.29, 1.82) is 0 Å². The van der Waals surface area contributed by atoms with Crippen molar-refractivity contribution in [2.75, 3.05) is 20.2 Å². The summed E-state index contributed by atoms with van der Waals surface area (Å²) in [6, 6.07) is 5.13. The van der Waals surface area contributed by atoms with E-state index in [0.717, 1.165) is 38.0 Å². The molecule has 0 amide bonds. The van der Waals surface area contributed by atoms with Gasteiger partial charge in [-0.15, -0.1) is 0 Å². The van der Waals surface area contributed by atoms with Gasteiger partial charge in [-0.2, -0.15) is 0 Å². The van der Waals surface area contributed by atoms with Crippen LogP contribution in [0.2, 0.25) is 0 Å². The molecule has 1 aliphatic carbocycles. The molecule has 1 aromatic carbocycles. The molecule has 1 saturated heterocycles. The Hall–Kier alpha value is -1.13. The van der Waals surface area contributed by atoms with Gasteiger partial charge in [0.2, 0.25) is 0 Å². The van der Waals surface area contributed by atoms with Crippen LogP contribution in [0.4, 0.5) is 4.39 Å². The number of aliphatic hydroxyl groups is 1. The molecule has 0 aromatic heterocycles. The normalized spacial score (nSPS) is 30.6. The highest BCUT2D eigenvalue weighted by molar-refractivity contribution is 5.29. The van der Waals surface area contributed by atoms with Gasteiger partial charge in [0, 0.05) is 25.6 Å². The zero-order chi connectivity index (χ0) is 13.4. The molecule has 0 radical (unpaired) electrons. The number of likely N-dealkylation sites (tertiary alicyclic amines) is 1. The summed E-state index contributed by atoms with van der Waals surface area (Å²) < 4.78 is 18.6.